The molecule has 3 rings (SSSR count). The number of hydrogen-bond donors (Lipinski definition) is 1. The van der Waals surface area contributed by atoms with Gasteiger partial charge in [-0.05, 0) is 43.2 Å². The van der Waals surface area contributed by atoms with Crippen LogP contribution in [0.3, 0.4) is 0 Å². The Bertz CT molecular complexity index is 952. The predicted molar refractivity (Wildman–Crippen MR) is 87.5 cm³/mol. The highest BCUT2D eigenvalue weighted by atomic mass is 32.2. The average molecular weight is 344 g/mol. The van der Waals surface area contributed by atoms with Crippen LogP contribution in [-0.2, 0) is 16.6 Å². The van der Waals surface area contributed by atoms with Crippen LogP contribution >= 0.6 is 0 Å². The van der Waals surface area contributed by atoms with Crippen molar-refractivity contribution in [3.05, 3.63) is 59.6 Å². The summed E-state index contributed by atoms with van der Waals surface area (Å²) in [5.41, 5.74) is 2.08. The van der Waals surface area contributed by atoms with E-state index < -0.39 is 10.0 Å². The van der Waals surface area contributed by atoms with Crippen molar-refractivity contribution in [1.82, 2.24) is 19.9 Å². The zero-order valence-corrected chi connectivity index (χ0v) is 14.0. The van der Waals surface area contributed by atoms with Gasteiger partial charge in [-0.1, -0.05) is 18.2 Å². The van der Waals surface area contributed by atoms with Gasteiger partial charge in [-0.15, -0.1) is 10.2 Å². The van der Waals surface area contributed by atoms with Gasteiger partial charge in [-0.25, -0.2) is 13.1 Å². The highest BCUT2D eigenvalue weighted by molar-refractivity contribution is 7.89. The number of sulfonamides is 1. The quantitative estimate of drug-likeness (QED) is 0.762. The fourth-order valence-corrected chi connectivity index (χ4v) is 3.45. The van der Waals surface area contributed by atoms with Crippen LogP contribution in [0.15, 0.2) is 51.9 Å². The maximum Gasteiger partial charge on any atom is 0.266 e. The normalized spacial score (nSPS) is 11.6. The molecule has 0 spiro atoms. The Kier molecular flexibility index (Phi) is 4.41. The van der Waals surface area contributed by atoms with Crippen molar-refractivity contribution in [2.24, 2.45) is 0 Å². The van der Waals surface area contributed by atoms with E-state index in [1.54, 1.807) is 43.5 Å². The first kappa shape index (κ1) is 16.3. The summed E-state index contributed by atoms with van der Waals surface area (Å²) in [5, 5.41) is 7.72. The minimum absolute atomic E-state index is 0.0877. The van der Waals surface area contributed by atoms with E-state index in [9.17, 15) is 8.42 Å². The molecule has 7 nitrogen and oxygen atoms in total. The molecule has 0 radical (unpaired) electrons. The lowest BCUT2D eigenvalue weighted by molar-refractivity contribution is 0.493. The van der Waals surface area contributed by atoms with Gasteiger partial charge >= 0.3 is 0 Å². The minimum atomic E-state index is -3.66. The molecule has 0 atom stereocenters. The van der Waals surface area contributed by atoms with E-state index in [1.165, 1.54) is 0 Å². The first-order valence-electron chi connectivity index (χ1n) is 7.26. The fraction of sp³-hybridized carbons (Fsp3) is 0.188. The van der Waals surface area contributed by atoms with Crippen molar-refractivity contribution in [3.8, 4) is 11.6 Å². The molecule has 0 aliphatic heterocycles. The molecule has 24 heavy (non-hydrogen) atoms. The van der Waals surface area contributed by atoms with Gasteiger partial charge in [0.05, 0.1) is 11.4 Å². The maximum absolute atomic E-state index is 12.4. The third-order valence-corrected chi connectivity index (χ3v) is 4.94. The van der Waals surface area contributed by atoms with Gasteiger partial charge in [0.15, 0.2) is 0 Å². The number of nitrogens with zero attached hydrogens (tertiary/aromatic N) is 3. The van der Waals surface area contributed by atoms with Crippen LogP contribution in [0.5, 0.6) is 0 Å². The Morgan fingerprint density at radius 2 is 1.96 bits per heavy atom. The Morgan fingerprint density at radius 3 is 2.71 bits per heavy atom. The zero-order valence-electron chi connectivity index (χ0n) is 13.2. The van der Waals surface area contributed by atoms with Crippen LogP contribution in [0.1, 0.15) is 17.0 Å². The first-order chi connectivity index (χ1) is 11.5. The molecule has 124 valence electrons. The molecule has 0 aliphatic rings. The Labute approximate surface area is 139 Å². The highest BCUT2D eigenvalue weighted by Gasteiger charge is 2.18. The van der Waals surface area contributed by atoms with Gasteiger partial charge in [-0.2, -0.15) is 0 Å². The molecule has 0 amide bonds. The van der Waals surface area contributed by atoms with E-state index in [0.717, 1.165) is 5.56 Å². The molecule has 0 fully saturated rings. The summed E-state index contributed by atoms with van der Waals surface area (Å²) in [6.45, 7) is 3.50. The summed E-state index contributed by atoms with van der Waals surface area (Å²) in [5.74, 6) is 0.418. The molecule has 0 bridgehead atoms. The molecule has 0 saturated carbocycles. The fourth-order valence-electron chi connectivity index (χ4n) is 2.15. The monoisotopic (exact) mass is 344 g/mol. The average Bonchev–Trinajstić information content (AvgIpc) is 3.05. The van der Waals surface area contributed by atoms with Crippen molar-refractivity contribution < 1.29 is 12.8 Å². The van der Waals surface area contributed by atoms with E-state index in [-0.39, 0.29) is 23.2 Å². The second-order valence-corrected chi connectivity index (χ2v) is 7.04. The van der Waals surface area contributed by atoms with Crippen molar-refractivity contribution in [3.63, 3.8) is 0 Å². The SMILES string of the molecule is Cc1ccc(C)c(S(=O)(=O)NCc2nnc(-c3ccccn3)o2)c1. The molecule has 2 aromatic heterocycles. The summed E-state index contributed by atoms with van der Waals surface area (Å²) in [7, 11) is -3.66. The molecule has 0 saturated heterocycles. The van der Waals surface area contributed by atoms with Gasteiger partial charge in [0.2, 0.25) is 15.9 Å². The van der Waals surface area contributed by atoms with Crippen LogP contribution < -0.4 is 4.72 Å². The van der Waals surface area contributed by atoms with Gasteiger partial charge in [0, 0.05) is 6.20 Å². The third kappa shape index (κ3) is 3.50. The Morgan fingerprint density at radius 1 is 1.12 bits per heavy atom. The molecular formula is C16H16N4O3S. The van der Waals surface area contributed by atoms with E-state index in [0.29, 0.717) is 11.3 Å². The van der Waals surface area contributed by atoms with Gasteiger partial charge in [0.25, 0.3) is 5.89 Å². The van der Waals surface area contributed by atoms with E-state index in [1.807, 2.05) is 13.0 Å². The van der Waals surface area contributed by atoms with E-state index >= 15 is 0 Å². The number of aryl methyl sites for hydroxylation is 2. The van der Waals surface area contributed by atoms with Gasteiger partial charge in [-0.3, -0.25) is 4.98 Å². The number of benzene rings is 1. The molecular weight excluding hydrogens is 328 g/mol. The molecule has 0 aliphatic carbocycles. The first-order valence-corrected chi connectivity index (χ1v) is 8.75. The van der Waals surface area contributed by atoms with Crippen LogP contribution in [-0.4, -0.2) is 23.6 Å². The number of aromatic nitrogens is 3. The van der Waals surface area contributed by atoms with E-state index in [2.05, 4.69) is 19.9 Å². The van der Waals surface area contributed by atoms with Crippen molar-refractivity contribution in [2.75, 3.05) is 0 Å². The van der Waals surface area contributed by atoms with Crippen LogP contribution in [0, 0.1) is 13.8 Å². The van der Waals surface area contributed by atoms with Gasteiger partial charge < -0.3 is 4.42 Å². The summed E-state index contributed by atoms with van der Waals surface area (Å²) < 4.78 is 32.8. The topological polar surface area (TPSA) is 98.0 Å². The maximum atomic E-state index is 12.4. The third-order valence-electron chi connectivity index (χ3n) is 3.40. The Hall–Kier alpha value is -2.58. The van der Waals surface area contributed by atoms with Crippen molar-refractivity contribution in [1.29, 1.82) is 0 Å². The smallest absolute Gasteiger partial charge is 0.266 e. The predicted octanol–water partition coefficient (Wildman–Crippen LogP) is 2.23. The minimum Gasteiger partial charge on any atom is -0.418 e. The molecule has 1 N–H and O–H groups in total. The number of nitrogens with one attached hydrogen (secondary N) is 1. The lowest BCUT2D eigenvalue weighted by Gasteiger charge is -2.08. The largest absolute Gasteiger partial charge is 0.418 e. The lowest BCUT2D eigenvalue weighted by Crippen LogP contribution is -2.24. The molecule has 3 aromatic rings. The van der Waals surface area contributed by atoms with Crippen LogP contribution in [0.2, 0.25) is 0 Å². The lowest BCUT2D eigenvalue weighted by atomic mass is 10.2. The zero-order chi connectivity index (χ0) is 17.2. The Balaban J connectivity index is 1.76. The van der Waals surface area contributed by atoms with Crippen LogP contribution in [0.25, 0.3) is 11.6 Å². The molecule has 2 heterocycles. The van der Waals surface area contributed by atoms with Gasteiger partial charge in [0.1, 0.15) is 5.69 Å². The summed E-state index contributed by atoms with van der Waals surface area (Å²) >= 11 is 0. The second-order valence-electron chi connectivity index (χ2n) is 5.31. The molecule has 8 heteroatoms. The number of hydrogen-bond acceptors (Lipinski definition) is 6. The summed E-state index contributed by atoms with van der Waals surface area (Å²) in [4.78, 5) is 4.35. The van der Waals surface area contributed by atoms with Crippen molar-refractivity contribution >= 4 is 10.0 Å². The second kappa shape index (κ2) is 6.50. The van der Waals surface area contributed by atoms with Crippen molar-refractivity contribution in [2.45, 2.75) is 25.3 Å². The highest BCUT2D eigenvalue weighted by Crippen LogP contribution is 2.18. The summed E-state index contributed by atoms with van der Waals surface area (Å²) in [6, 6.07) is 10.6. The standard InChI is InChI=1S/C16H16N4O3S/c1-11-6-7-12(2)14(9-11)24(21,22)18-10-15-19-20-16(23-15)13-5-3-4-8-17-13/h3-9,18H,10H2,1-2H3. The summed E-state index contributed by atoms with van der Waals surface area (Å²) in [6.07, 6.45) is 1.61. The van der Waals surface area contributed by atoms with Crippen LogP contribution in [0.4, 0.5) is 0 Å². The number of rotatable bonds is 5. The molecule has 1 aromatic carbocycles. The number of pyridine rings is 1. The molecule has 0 unspecified atom stereocenters. The van der Waals surface area contributed by atoms with E-state index in [4.69, 9.17) is 4.42 Å².